The first-order chi connectivity index (χ1) is 15.8. The summed E-state index contributed by atoms with van der Waals surface area (Å²) in [7, 11) is 1.35. The number of benzene rings is 1. The molecule has 2 aromatic heterocycles. The SMILES string of the molecule is CCN1CCN(C(=O)c2nc(-c3ccc(OC)c4nc(C(F)(F)F)ccc34)oc2CN)CC1. The second-order valence-electron chi connectivity index (χ2n) is 7.63. The predicted molar refractivity (Wildman–Crippen MR) is 115 cm³/mol. The van der Waals surface area contributed by atoms with E-state index >= 15 is 0 Å². The van der Waals surface area contributed by atoms with Crippen LogP contribution in [0.25, 0.3) is 22.4 Å². The molecule has 1 amide bonds. The number of carbonyl (C=O) groups excluding carboxylic acids is 1. The molecule has 1 aliphatic rings. The van der Waals surface area contributed by atoms with Gasteiger partial charge in [0.15, 0.2) is 11.5 Å². The lowest BCUT2D eigenvalue weighted by atomic mass is 10.1. The second kappa shape index (κ2) is 8.99. The summed E-state index contributed by atoms with van der Waals surface area (Å²) >= 11 is 0. The van der Waals surface area contributed by atoms with Crippen LogP contribution in [0.5, 0.6) is 5.75 Å². The van der Waals surface area contributed by atoms with Crippen molar-refractivity contribution < 1.29 is 27.1 Å². The number of ether oxygens (including phenoxy) is 1. The number of carbonyl (C=O) groups is 1. The van der Waals surface area contributed by atoms with Crippen LogP contribution in [0.3, 0.4) is 0 Å². The quantitative estimate of drug-likeness (QED) is 0.621. The molecular formula is C22H24F3N5O3. The number of hydrogen-bond acceptors (Lipinski definition) is 7. The maximum absolute atomic E-state index is 13.2. The molecule has 1 saturated heterocycles. The molecule has 33 heavy (non-hydrogen) atoms. The van der Waals surface area contributed by atoms with Crippen molar-refractivity contribution in [2.45, 2.75) is 19.6 Å². The van der Waals surface area contributed by atoms with Crippen LogP contribution in [0.1, 0.15) is 28.9 Å². The average Bonchev–Trinajstić information content (AvgIpc) is 3.26. The van der Waals surface area contributed by atoms with Crippen LogP contribution in [-0.4, -0.2) is 65.5 Å². The Morgan fingerprint density at radius 1 is 1.15 bits per heavy atom. The number of oxazole rings is 1. The zero-order chi connectivity index (χ0) is 23.8. The Morgan fingerprint density at radius 2 is 1.88 bits per heavy atom. The van der Waals surface area contributed by atoms with Gasteiger partial charge in [0, 0.05) is 37.1 Å². The van der Waals surface area contributed by atoms with E-state index in [0.29, 0.717) is 24.0 Å². The Labute approximate surface area is 188 Å². The summed E-state index contributed by atoms with van der Waals surface area (Å²) in [6, 6.07) is 5.28. The first-order valence-corrected chi connectivity index (χ1v) is 10.5. The molecule has 1 fully saturated rings. The molecular weight excluding hydrogens is 439 g/mol. The number of nitrogens with two attached hydrogens (primary N) is 1. The molecule has 1 aromatic carbocycles. The number of alkyl halides is 3. The number of piperazine rings is 1. The molecule has 0 spiro atoms. The number of halogens is 3. The molecule has 8 nitrogen and oxygen atoms in total. The zero-order valence-corrected chi connectivity index (χ0v) is 18.3. The Balaban J connectivity index is 1.75. The van der Waals surface area contributed by atoms with Gasteiger partial charge in [-0.25, -0.2) is 9.97 Å². The van der Waals surface area contributed by atoms with Crippen LogP contribution in [0.4, 0.5) is 13.2 Å². The van der Waals surface area contributed by atoms with Crippen LogP contribution in [-0.2, 0) is 12.7 Å². The van der Waals surface area contributed by atoms with Gasteiger partial charge < -0.3 is 24.7 Å². The lowest BCUT2D eigenvalue weighted by molar-refractivity contribution is -0.140. The summed E-state index contributed by atoms with van der Waals surface area (Å²) < 4.78 is 50.6. The van der Waals surface area contributed by atoms with Crippen molar-refractivity contribution in [2.24, 2.45) is 5.73 Å². The second-order valence-corrected chi connectivity index (χ2v) is 7.63. The van der Waals surface area contributed by atoms with E-state index in [-0.39, 0.29) is 41.1 Å². The van der Waals surface area contributed by atoms with E-state index in [4.69, 9.17) is 14.9 Å². The fourth-order valence-electron chi connectivity index (χ4n) is 3.89. The minimum Gasteiger partial charge on any atom is -0.494 e. The topological polar surface area (TPSA) is 97.7 Å². The third-order valence-corrected chi connectivity index (χ3v) is 5.75. The van der Waals surface area contributed by atoms with Crippen molar-refractivity contribution in [2.75, 3.05) is 39.8 Å². The molecule has 1 aliphatic heterocycles. The van der Waals surface area contributed by atoms with Gasteiger partial charge in [-0.05, 0) is 30.8 Å². The first kappa shape index (κ1) is 23.0. The van der Waals surface area contributed by atoms with E-state index in [1.165, 1.54) is 19.2 Å². The Morgan fingerprint density at radius 3 is 2.48 bits per heavy atom. The summed E-state index contributed by atoms with van der Waals surface area (Å²) in [5.74, 6) is 0.198. The molecule has 176 valence electrons. The number of fused-ring (bicyclic) bond motifs is 1. The number of hydrogen-bond donors (Lipinski definition) is 1. The molecule has 0 unspecified atom stereocenters. The monoisotopic (exact) mass is 463 g/mol. The molecule has 11 heteroatoms. The summed E-state index contributed by atoms with van der Waals surface area (Å²) in [4.78, 5) is 25.2. The van der Waals surface area contributed by atoms with Crippen LogP contribution in [0.2, 0.25) is 0 Å². The molecule has 0 saturated carbocycles. The van der Waals surface area contributed by atoms with Crippen molar-refractivity contribution in [1.29, 1.82) is 0 Å². The van der Waals surface area contributed by atoms with Gasteiger partial charge in [-0.2, -0.15) is 13.2 Å². The smallest absolute Gasteiger partial charge is 0.433 e. The fraction of sp³-hybridized carbons (Fsp3) is 0.409. The van der Waals surface area contributed by atoms with Crippen molar-refractivity contribution in [3.63, 3.8) is 0 Å². The van der Waals surface area contributed by atoms with Gasteiger partial charge in [-0.15, -0.1) is 0 Å². The summed E-state index contributed by atoms with van der Waals surface area (Å²) in [6.07, 6.45) is -4.60. The Hall–Kier alpha value is -3.18. The van der Waals surface area contributed by atoms with Gasteiger partial charge in [0.2, 0.25) is 5.89 Å². The van der Waals surface area contributed by atoms with E-state index in [1.54, 1.807) is 11.0 Å². The van der Waals surface area contributed by atoms with Crippen LogP contribution < -0.4 is 10.5 Å². The minimum absolute atomic E-state index is 0.0147. The largest absolute Gasteiger partial charge is 0.494 e. The molecule has 0 atom stereocenters. The van der Waals surface area contributed by atoms with Gasteiger partial charge in [-0.1, -0.05) is 6.92 Å². The molecule has 3 aromatic rings. The number of methoxy groups -OCH3 is 1. The number of nitrogens with zero attached hydrogens (tertiary/aromatic N) is 4. The third kappa shape index (κ3) is 4.38. The highest BCUT2D eigenvalue weighted by Crippen LogP contribution is 2.37. The third-order valence-electron chi connectivity index (χ3n) is 5.75. The van der Waals surface area contributed by atoms with E-state index in [9.17, 15) is 18.0 Å². The molecule has 0 radical (unpaired) electrons. The van der Waals surface area contributed by atoms with E-state index < -0.39 is 11.9 Å². The Bertz CT molecular complexity index is 1170. The standard InChI is InChI=1S/C22H24F3N5O3/c1-3-29-8-10-30(11-9-29)21(31)19-16(12-26)33-20(28-19)14-4-6-15(32-2)18-13(14)5-7-17(27-18)22(23,24)25/h4-7H,3,8-12,26H2,1-2H3. The van der Waals surface area contributed by atoms with Crippen molar-refractivity contribution in [1.82, 2.24) is 19.8 Å². The molecule has 4 rings (SSSR count). The number of pyridine rings is 1. The van der Waals surface area contributed by atoms with Crippen molar-refractivity contribution in [3.8, 4) is 17.2 Å². The highest BCUT2D eigenvalue weighted by molar-refractivity contribution is 5.98. The zero-order valence-electron chi connectivity index (χ0n) is 18.3. The molecule has 0 aliphatic carbocycles. The Kier molecular flexibility index (Phi) is 6.26. The molecule has 3 heterocycles. The first-order valence-electron chi connectivity index (χ1n) is 10.5. The highest BCUT2D eigenvalue weighted by Gasteiger charge is 2.33. The van der Waals surface area contributed by atoms with Crippen LogP contribution >= 0.6 is 0 Å². The normalized spacial score (nSPS) is 15.3. The number of aromatic nitrogens is 2. The number of amides is 1. The minimum atomic E-state index is -4.60. The fourth-order valence-corrected chi connectivity index (χ4v) is 3.89. The lowest BCUT2D eigenvalue weighted by Gasteiger charge is -2.33. The predicted octanol–water partition coefficient (Wildman–Crippen LogP) is 3.15. The molecule has 2 N–H and O–H groups in total. The average molecular weight is 463 g/mol. The van der Waals surface area contributed by atoms with E-state index in [1.807, 2.05) is 0 Å². The van der Waals surface area contributed by atoms with Crippen LogP contribution in [0.15, 0.2) is 28.7 Å². The molecule has 0 bridgehead atoms. The van der Waals surface area contributed by atoms with E-state index in [0.717, 1.165) is 25.7 Å². The number of rotatable bonds is 5. The van der Waals surface area contributed by atoms with Gasteiger partial charge in [-0.3, -0.25) is 4.79 Å². The van der Waals surface area contributed by atoms with Crippen molar-refractivity contribution >= 4 is 16.8 Å². The van der Waals surface area contributed by atoms with Crippen molar-refractivity contribution in [3.05, 3.63) is 41.4 Å². The van der Waals surface area contributed by atoms with Gasteiger partial charge >= 0.3 is 6.18 Å². The van der Waals surface area contributed by atoms with Gasteiger partial charge in [0.1, 0.15) is 17.0 Å². The summed E-state index contributed by atoms with van der Waals surface area (Å²) in [6.45, 7) is 5.59. The van der Waals surface area contributed by atoms with Gasteiger partial charge in [0.05, 0.1) is 13.7 Å². The lowest BCUT2D eigenvalue weighted by Crippen LogP contribution is -2.48. The summed E-state index contributed by atoms with van der Waals surface area (Å²) in [5.41, 5.74) is 5.28. The summed E-state index contributed by atoms with van der Waals surface area (Å²) in [5, 5.41) is 0.350. The van der Waals surface area contributed by atoms with Gasteiger partial charge in [0.25, 0.3) is 5.91 Å². The van der Waals surface area contributed by atoms with Crippen LogP contribution in [0, 0.1) is 0 Å². The van der Waals surface area contributed by atoms with E-state index in [2.05, 4.69) is 21.8 Å². The maximum atomic E-state index is 13.2. The highest BCUT2D eigenvalue weighted by atomic mass is 19.4. The maximum Gasteiger partial charge on any atom is 0.433 e. The number of likely N-dealkylation sites (N-methyl/N-ethyl adjacent to an activating group) is 1.